The Bertz CT molecular complexity index is 1590. The van der Waals surface area contributed by atoms with Crippen LogP contribution in [0.4, 0.5) is 0 Å². The Kier molecular flexibility index (Phi) is 8.24. The molecule has 4 aromatic rings. The Morgan fingerprint density at radius 2 is 1.23 bits per heavy atom. The maximum absolute atomic E-state index is 14.1. The Hall–Kier alpha value is -5.44. The van der Waals surface area contributed by atoms with Crippen molar-refractivity contribution >= 4 is 23.5 Å². The molecular weight excluding hydrogens is 516 g/mol. The third-order valence-corrected chi connectivity index (χ3v) is 5.93. The van der Waals surface area contributed by atoms with Crippen LogP contribution >= 0.6 is 0 Å². The summed E-state index contributed by atoms with van der Waals surface area (Å²) >= 11 is 0. The van der Waals surface area contributed by atoms with E-state index in [0.29, 0.717) is 0 Å². The SMILES string of the molecule is CCOC(=O)c1c(C(=O)c2ccccc2)c(O)c(O)c(OC(=O)c2ccccc2)c1C(=O)c1ccccc1OC. The number of carbonyl (C=O) groups is 4. The van der Waals surface area contributed by atoms with Crippen molar-refractivity contribution in [3.63, 3.8) is 0 Å². The van der Waals surface area contributed by atoms with Gasteiger partial charge in [0.2, 0.25) is 11.5 Å². The van der Waals surface area contributed by atoms with E-state index in [4.69, 9.17) is 14.2 Å². The zero-order chi connectivity index (χ0) is 28.8. The number of phenolic OH excluding ortho intramolecular Hbond substituents is 2. The van der Waals surface area contributed by atoms with Crippen LogP contribution in [0.1, 0.15) is 59.5 Å². The van der Waals surface area contributed by atoms with Crippen LogP contribution in [-0.4, -0.2) is 47.4 Å². The molecule has 0 aliphatic heterocycles. The second-order valence-electron chi connectivity index (χ2n) is 8.35. The average molecular weight is 541 g/mol. The highest BCUT2D eigenvalue weighted by atomic mass is 16.5. The lowest BCUT2D eigenvalue weighted by molar-refractivity contribution is 0.0517. The maximum Gasteiger partial charge on any atom is 0.343 e. The van der Waals surface area contributed by atoms with Crippen molar-refractivity contribution in [3.8, 4) is 23.0 Å². The predicted octanol–water partition coefficient (Wildman–Crippen LogP) is 4.96. The van der Waals surface area contributed by atoms with Gasteiger partial charge in [-0.1, -0.05) is 60.7 Å². The summed E-state index contributed by atoms with van der Waals surface area (Å²) in [4.78, 5) is 54.1. The Labute approximate surface area is 229 Å². The lowest BCUT2D eigenvalue weighted by Crippen LogP contribution is -2.22. The van der Waals surface area contributed by atoms with Gasteiger partial charge in [0.05, 0.1) is 41.5 Å². The Balaban J connectivity index is 2.08. The number of ketones is 2. The molecule has 0 aliphatic rings. The van der Waals surface area contributed by atoms with Gasteiger partial charge in [0, 0.05) is 5.56 Å². The van der Waals surface area contributed by atoms with Crippen molar-refractivity contribution in [1.29, 1.82) is 0 Å². The van der Waals surface area contributed by atoms with Gasteiger partial charge in [-0.3, -0.25) is 9.59 Å². The third-order valence-electron chi connectivity index (χ3n) is 5.93. The van der Waals surface area contributed by atoms with Crippen molar-refractivity contribution in [2.45, 2.75) is 6.92 Å². The van der Waals surface area contributed by atoms with Crippen LogP contribution < -0.4 is 9.47 Å². The molecule has 0 atom stereocenters. The molecule has 0 aliphatic carbocycles. The predicted molar refractivity (Wildman–Crippen MR) is 143 cm³/mol. The average Bonchev–Trinajstić information content (AvgIpc) is 2.99. The highest BCUT2D eigenvalue weighted by Gasteiger charge is 2.38. The quantitative estimate of drug-likeness (QED) is 0.131. The number of rotatable bonds is 9. The molecule has 0 amide bonds. The number of aromatic hydroxyl groups is 2. The molecule has 0 saturated heterocycles. The first-order valence-corrected chi connectivity index (χ1v) is 12.1. The molecule has 0 unspecified atom stereocenters. The van der Waals surface area contributed by atoms with E-state index >= 15 is 0 Å². The molecule has 2 N–H and O–H groups in total. The highest BCUT2D eigenvalue weighted by molar-refractivity contribution is 6.24. The minimum absolute atomic E-state index is 0.0486. The summed E-state index contributed by atoms with van der Waals surface area (Å²) in [5, 5.41) is 22.2. The van der Waals surface area contributed by atoms with Gasteiger partial charge in [0.15, 0.2) is 17.3 Å². The van der Waals surface area contributed by atoms with E-state index in [0.717, 1.165) is 0 Å². The van der Waals surface area contributed by atoms with Crippen molar-refractivity contribution < 1.29 is 43.6 Å². The smallest absolute Gasteiger partial charge is 0.343 e. The van der Waals surface area contributed by atoms with E-state index in [-0.39, 0.29) is 29.0 Å². The van der Waals surface area contributed by atoms with Gasteiger partial charge in [-0.2, -0.15) is 0 Å². The largest absolute Gasteiger partial charge is 0.504 e. The minimum Gasteiger partial charge on any atom is -0.504 e. The first kappa shape index (κ1) is 27.6. The van der Waals surface area contributed by atoms with Crippen LogP contribution in [0.25, 0.3) is 0 Å². The monoisotopic (exact) mass is 540 g/mol. The molecular formula is C31H24O9. The highest BCUT2D eigenvalue weighted by Crippen LogP contribution is 2.46. The van der Waals surface area contributed by atoms with Crippen molar-refractivity contribution in [3.05, 3.63) is 118 Å². The molecule has 0 fully saturated rings. The molecule has 0 spiro atoms. The molecule has 0 heterocycles. The summed E-state index contributed by atoms with van der Waals surface area (Å²) in [6.07, 6.45) is 0. The molecule has 202 valence electrons. The van der Waals surface area contributed by atoms with Gasteiger partial charge in [0.1, 0.15) is 5.75 Å². The number of ether oxygens (including phenoxy) is 3. The van der Waals surface area contributed by atoms with E-state index in [1.807, 2.05) is 0 Å². The third kappa shape index (κ3) is 5.25. The number of phenols is 2. The van der Waals surface area contributed by atoms with Gasteiger partial charge < -0.3 is 24.4 Å². The van der Waals surface area contributed by atoms with E-state index in [1.54, 1.807) is 42.5 Å². The Morgan fingerprint density at radius 1 is 0.650 bits per heavy atom. The first-order valence-electron chi connectivity index (χ1n) is 12.1. The zero-order valence-electron chi connectivity index (χ0n) is 21.5. The van der Waals surface area contributed by atoms with Crippen LogP contribution in [-0.2, 0) is 4.74 Å². The molecule has 9 heteroatoms. The molecule has 40 heavy (non-hydrogen) atoms. The van der Waals surface area contributed by atoms with Crippen molar-refractivity contribution in [1.82, 2.24) is 0 Å². The van der Waals surface area contributed by atoms with Crippen LogP contribution in [0.15, 0.2) is 84.9 Å². The zero-order valence-corrected chi connectivity index (χ0v) is 21.5. The molecule has 0 radical (unpaired) electrons. The van der Waals surface area contributed by atoms with Crippen LogP contribution in [0.5, 0.6) is 23.0 Å². The standard InChI is InChI=1S/C31H24O9/c1-3-39-31(37)22-23(25(32)18-12-6-4-7-13-18)27(34)28(35)29(40-30(36)19-14-8-5-9-15-19)24(22)26(33)20-16-10-11-17-21(20)38-2/h4-17,34-35H,3H2,1-2H3. The van der Waals surface area contributed by atoms with E-state index < -0.39 is 57.4 Å². The number of benzene rings is 4. The summed E-state index contributed by atoms with van der Waals surface area (Å²) in [5.41, 5.74) is -2.01. The minimum atomic E-state index is -1.16. The Morgan fingerprint density at radius 3 is 1.82 bits per heavy atom. The first-order chi connectivity index (χ1) is 19.3. The van der Waals surface area contributed by atoms with E-state index in [1.165, 1.54) is 56.5 Å². The molecule has 0 bridgehead atoms. The maximum atomic E-state index is 14.1. The second kappa shape index (κ2) is 12.0. The van der Waals surface area contributed by atoms with Crippen molar-refractivity contribution in [2.75, 3.05) is 13.7 Å². The van der Waals surface area contributed by atoms with Gasteiger partial charge >= 0.3 is 11.9 Å². The van der Waals surface area contributed by atoms with E-state index in [2.05, 4.69) is 0 Å². The van der Waals surface area contributed by atoms with Crippen LogP contribution in [0.3, 0.4) is 0 Å². The molecule has 0 saturated carbocycles. The summed E-state index contributed by atoms with van der Waals surface area (Å²) in [6, 6.07) is 21.3. The molecule has 0 aromatic heterocycles. The van der Waals surface area contributed by atoms with Crippen LogP contribution in [0.2, 0.25) is 0 Å². The van der Waals surface area contributed by atoms with Gasteiger partial charge in [-0.15, -0.1) is 0 Å². The van der Waals surface area contributed by atoms with E-state index in [9.17, 15) is 29.4 Å². The van der Waals surface area contributed by atoms with Gasteiger partial charge in [-0.25, -0.2) is 9.59 Å². The summed E-state index contributed by atoms with van der Waals surface area (Å²) in [6.45, 7) is 1.36. The fourth-order valence-electron chi connectivity index (χ4n) is 4.07. The number of hydrogen-bond donors (Lipinski definition) is 2. The van der Waals surface area contributed by atoms with Crippen LogP contribution in [0, 0.1) is 0 Å². The molecule has 9 nitrogen and oxygen atoms in total. The molecule has 4 aromatic carbocycles. The fraction of sp³-hybridized carbons (Fsp3) is 0.0968. The van der Waals surface area contributed by atoms with Crippen molar-refractivity contribution in [2.24, 2.45) is 0 Å². The summed E-state index contributed by atoms with van der Waals surface area (Å²) in [7, 11) is 1.33. The number of carbonyl (C=O) groups excluding carboxylic acids is 4. The van der Waals surface area contributed by atoms with Gasteiger partial charge in [-0.05, 0) is 31.2 Å². The number of para-hydroxylation sites is 1. The summed E-state index contributed by atoms with van der Waals surface area (Å²) < 4.78 is 15.9. The second-order valence-corrected chi connectivity index (χ2v) is 8.35. The lowest BCUT2D eigenvalue weighted by Gasteiger charge is -2.20. The number of hydrogen-bond acceptors (Lipinski definition) is 9. The number of methoxy groups -OCH3 is 1. The number of esters is 2. The summed E-state index contributed by atoms with van der Waals surface area (Å²) in [5.74, 6) is -6.85. The fourth-order valence-corrected chi connectivity index (χ4v) is 4.07. The molecule has 4 rings (SSSR count). The topological polar surface area (TPSA) is 136 Å². The normalized spacial score (nSPS) is 10.4. The van der Waals surface area contributed by atoms with Gasteiger partial charge in [0.25, 0.3) is 0 Å². The lowest BCUT2D eigenvalue weighted by atomic mass is 9.88.